The molecule has 5 aromatic rings. The zero-order chi connectivity index (χ0) is 32.0. The molecule has 0 atom stereocenters. The van der Waals surface area contributed by atoms with E-state index >= 15 is 0 Å². The number of sulfonamides is 2. The Labute approximate surface area is 271 Å². The van der Waals surface area contributed by atoms with Crippen molar-refractivity contribution in [2.45, 2.75) is 9.79 Å². The highest BCUT2D eigenvalue weighted by atomic mass is 35.5. The van der Waals surface area contributed by atoms with E-state index in [4.69, 9.17) is 27.9 Å². The van der Waals surface area contributed by atoms with Gasteiger partial charge in [0.2, 0.25) is 5.91 Å². The van der Waals surface area contributed by atoms with E-state index in [9.17, 15) is 21.6 Å². The van der Waals surface area contributed by atoms with Crippen LogP contribution in [0.1, 0.15) is 0 Å². The van der Waals surface area contributed by atoms with E-state index in [1.165, 1.54) is 54.6 Å². The fourth-order valence-electron chi connectivity index (χ4n) is 4.16. The summed E-state index contributed by atoms with van der Waals surface area (Å²) in [6, 6.07) is 32.9. The van der Waals surface area contributed by atoms with Crippen molar-refractivity contribution in [3.8, 4) is 11.5 Å². The maximum absolute atomic E-state index is 13.7. The topological polar surface area (TPSA) is 122 Å². The molecule has 0 unspecified atom stereocenters. The van der Waals surface area contributed by atoms with Gasteiger partial charge in [0, 0.05) is 10.7 Å². The molecule has 9 nitrogen and oxygen atoms in total. The van der Waals surface area contributed by atoms with Crippen molar-refractivity contribution >= 4 is 66.2 Å². The molecular formula is C32H25Cl2N3O6S2. The third kappa shape index (κ3) is 7.95. The van der Waals surface area contributed by atoms with Crippen LogP contribution < -0.4 is 19.1 Å². The van der Waals surface area contributed by atoms with E-state index in [1.54, 1.807) is 54.6 Å². The summed E-state index contributed by atoms with van der Waals surface area (Å²) in [4.78, 5) is 13.1. The van der Waals surface area contributed by atoms with E-state index < -0.39 is 32.5 Å². The molecule has 45 heavy (non-hydrogen) atoms. The molecule has 5 aromatic carbocycles. The van der Waals surface area contributed by atoms with Crippen LogP contribution in [0, 0.1) is 0 Å². The Morgan fingerprint density at radius 1 is 0.689 bits per heavy atom. The summed E-state index contributed by atoms with van der Waals surface area (Å²) in [6.45, 7) is -0.563. The number of carbonyl (C=O) groups is 1. The molecule has 0 aliphatic rings. The molecule has 0 aliphatic carbocycles. The van der Waals surface area contributed by atoms with E-state index in [0.29, 0.717) is 16.5 Å². The first-order valence-corrected chi connectivity index (χ1v) is 17.0. The van der Waals surface area contributed by atoms with Crippen molar-refractivity contribution in [3.05, 3.63) is 137 Å². The maximum atomic E-state index is 13.7. The molecule has 0 saturated carbocycles. The number of halogens is 2. The van der Waals surface area contributed by atoms with Crippen molar-refractivity contribution in [1.29, 1.82) is 0 Å². The Kier molecular flexibility index (Phi) is 9.64. The summed E-state index contributed by atoms with van der Waals surface area (Å²) in [5, 5.41) is 3.11. The first-order chi connectivity index (χ1) is 21.5. The van der Waals surface area contributed by atoms with Gasteiger partial charge in [-0.25, -0.2) is 16.8 Å². The van der Waals surface area contributed by atoms with Crippen molar-refractivity contribution in [2.24, 2.45) is 0 Å². The van der Waals surface area contributed by atoms with Gasteiger partial charge in [-0.2, -0.15) is 0 Å². The Morgan fingerprint density at radius 2 is 1.29 bits per heavy atom. The predicted molar refractivity (Wildman–Crippen MR) is 176 cm³/mol. The van der Waals surface area contributed by atoms with E-state index in [1.807, 2.05) is 18.2 Å². The highest BCUT2D eigenvalue weighted by molar-refractivity contribution is 7.93. The van der Waals surface area contributed by atoms with Gasteiger partial charge in [-0.3, -0.25) is 13.8 Å². The molecule has 0 radical (unpaired) electrons. The molecule has 230 valence electrons. The number of nitrogens with one attached hydrogen (secondary N) is 2. The van der Waals surface area contributed by atoms with E-state index in [2.05, 4.69) is 10.0 Å². The van der Waals surface area contributed by atoms with Crippen LogP contribution >= 0.6 is 23.2 Å². The SMILES string of the molecule is O=C(CN(c1ccc(Oc2ccccc2)cc1)S(=O)(=O)c1ccccc1)Nc1ccc(S(=O)(=O)Nc2ccc(Cl)cc2Cl)cc1. The molecule has 2 N–H and O–H groups in total. The number of nitrogens with zero attached hydrogens (tertiary/aromatic N) is 1. The van der Waals surface area contributed by atoms with Crippen LogP contribution in [0.25, 0.3) is 0 Å². The van der Waals surface area contributed by atoms with Gasteiger partial charge < -0.3 is 10.1 Å². The van der Waals surface area contributed by atoms with Crippen LogP contribution in [-0.2, 0) is 24.8 Å². The highest BCUT2D eigenvalue weighted by Crippen LogP contribution is 2.29. The monoisotopic (exact) mass is 681 g/mol. The Morgan fingerprint density at radius 3 is 1.91 bits per heavy atom. The smallest absolute Gasteiger partial charge is 0.264 e. The second-order valence-corrected chi connectivity index (χ2v) is 13.9. The van der Waals surface area contributed by atoms with Gasteiger partial charge in [-0.1, -0.05) is 59.6 Å². The number of hydrogen-bond acceptors (Lipinski definition) is 6. The number of amides is 1. The molecule has 0 fully saturated rings. The lowest BCUT2D eigenvalue weighted by molar-refractivity contribution is -0.114. The number of carbonyl (C=O) groups excluding carboxylic acids is 1. The van der Waals surface area contributed by atoms with Crippen LogP contribution in [0.3, 0.4) is 0 Å². The van der Waals surface area contributed by atoms with Crippen LogP contribution in [0.15, 0.2) is 137 Å². The van der Waals surface area contributed by atoms with E-state index in [-0.39, 0.29) is 31.9 Å². The zero-order valence-electron chi connectivity index (χ0n) is 23.3. The number of hydrogen-bond donors (Lipinski definition) is 2. The van der Waals surface area contributed by atoms with Crippen LogP contribution in [0.4, 0.5) is 17.1 Å². The third-order valence-electron chi connectivity index (χ3n) is 6.35. The lowest BCUT2D eigenvalue weighted by atomic mass is 10.3. The molecule has 13 heteroatoms. The van der Waals surface area contributed by atoms with Gasteiger partial charge in [-0.05, 0) is 91.0 Å². The minimum Gasteiger partial charge on any atom is -0.457 e. The molecule has 0 saturated heterocycles. The lowest BCUT2D eigenvalue weighted by Crippen LogP contribution is -2.38. The summed E-state index contributed by atoms with van der Waals surface area (Å²) in [7, 11) is -8.16. The van der Waals surface area contributed by atoms with Crippen molar-refractivity contribution in [2.75, 3.05) is 20.9 Å². The van der Waals surface area contributed by atoms with Crippen LogP contribution in [0.5, 0.6) is 11.5 Å². The molecular weight excluding hydrogens is 657 g/mol. The minimum absolute atomic E-state index is 0.00487. The fourth-order valence-corrected chi connectivity index (χ4v) is 7.20. The largest absolute Gasteiger partial charge is 0.457 e. The van der Waals surface area contributed by atoms with Gasteiger partial charge in [0.15, 0.2) is 0 Å². The Bertz CT molecular complexity index is 2010. The number of anilines is 3. The van der Waals surface area contributed by atoms with Gasteiger partial charge >= 0.3 is 0 Å². The standard InChI is InChI=1S/C32H25Cl2N3O6S2/c33-23-11-20-31(30(34)21-23)36-44(39,40)28-18-12-24(13-19-28)35-32(38)22-37(45(41,42)29-9-5-2-6-10-29)25-14-16-27(17-15-25)43-26-7-3-1-4-8-26/h1-21,36H,22H2,(H,35,38). The van der Waals surface area contributed by atoms with Gasteiger partial charge in [0.1, 0.15) is 18.0 Å². The minimum atomic E-state index is -4.15. The average molecular weight is 683 g/mol. The van der Waals surface area contributed by atoms with Crippen LogP contribution in [-0.4, -0.2) is 29.3 Å². The normalized spacial score (nSPS) is 11.4. The average Bonchev–Trinajstić information content (AvgIpc) is 3.03. The molecule has 0 spiro atoms. The Balaban J connectivity index is 1.33. The summed E-state index contributed by atoms with van der Waals surface area (Å²) < 4.78 is 62.3. The van der Waals surface area contributed by atoms with Crippen molar-refractivity contribution < 1.29 is 26.4 Å². The van der Waals surface area contributed by atoms with Gasteiger partial charge in [0.05, 0.1) is 26.2 Å². The van der Waals surface area contributed by atoms with Gasteiger partial charge in [-0.15, -0.1) is 0 Å². The number of benzene rings is 5. The quantitative estimate of drug-likeness (QED) is 0.150. The second-order valence-electron chi connectivity index (χ2n) is 9.54. The molecule has 0 aromatic heterocycles. The molecule has 1 amide bonds. The highest BCUT2D eigenvalue weighted by Gasteiger charge is 2.27. The van der Waals surface area contributed by atoms with Gasteiger partial charge in [0.25, 0.3) is 20.0 Å². The number of ether oxygens (including phenoxy) is 1. The second kappa shape index (κ2) is 13.6. The van der Waals surface area contributed by atoms with Crippen LogP contribution in [0.2, 0.25) is 10.0 Å². The molecule has 0 heterocycles. The third-order valence-corrected chi connectivity index (χ3v) is 10.1. The first-order valence-electron chi connectivity index (χ1n) is 13.3. The molecule has 5 rings (SSSR count). The number of para-hydroxylation sites is 1. The summed E-state index contributed by atoms with van der Waals surface area (Å²) in [6.07, 6.45) is 0. The molecule has 0 bridgehead atoms. The lowest BCUT2D eigenvalue weighted by Gasteiger charge is -2.24. The maximum Gasteiger partial charge on any atom is 0.264 e. The summed E-state index contributed by atoms with van der Waals surface area (Å²) in [5.74, 6) is 0.442. The Hall–Kier alpha value is -4.55. The summed E-state index contributed by atoms with van der Waals surface area (Å²) >= 11 is 12.0. The predicted octanol–water partition coefficient (Wildman–Crippen LogP) is 7.42. The fraction of sp³-hybridized carbons (Fsp3) is 0.0312. The molecule has 0 aliphatic heterocycles. The van der Waals surface area contributed by atoms with Crippen molar-refractivity contribution in [3.63, 3.8) is 0 Å². The zero-order valence-corrected chi connectivity index (χ0v) is 26.4. The summed E-state index contributed by atoms with van der Waals surface area (Å²) in [5.41, 5.74) is 0.646. The first kappa shape index (κ1) is 31.9. The van der Waals surface area contributed by atoms with E-state index in [0.717, 1.165) is 4.31 Å². The number of rotatable bonds is 11. The van der Waals surface area contributed by atoms with Crippen molar-refractivity contribution in [1.82, 2.24) is 0 Å².